The van der Waals surface area contributed by atoms with Gasteiger partial charge in [-0.05, 0) is 74.9 Å². The van der Waals surface area contributed by atoms with E-state index >= 15 is 0 Å². The van der Waals surface area contributed by atoms with Gasteiger partial charge in [0.05, 0.1) is 0 Å². The highest BCUT2D eigenvalue weighted by molar-refractivity contribution is 5.94. The van der Waals surface area contributed by atoms with Gasteiger partial charge in [0.1, 0.15) is 5.82 Å². The third-order valence-electron chi connectivity index (χ3n) is 6.21. The number of aromatic nitrogens is 1. The lowest BCUT2D eigenvalue weighted by atomic mass is 9.71. The van der Waals surface area contributed by atoms with Crippen molar-refractivity contribution in [1.29, 1.82) is 0 Å². The molecule has 2 N–H and O–H groups in total. The van der Waals surface area contributed by atoms with Crippen molar-refractivity contribution in [2.75, 3.05) is 31.1 Å². The summed E-state index contributed by atoms with van der Waals surface area (Å²) in [6.45, 7) is 7.70. The molecule has 0 saturated heterocycles. The quantitative estimate of drug-likeness (QED) is 0.384. The Morgan fingerprint density at radius 1 is 1.16 bits per heavy atom. The molecule has 5 heteroatoms. The molecule has 1 aromatic carbocycles. The number of nitrogens with one attached hydrogen (secondary N) is 2. The van der Waals surface area contributed by atoms with E-state index in [1.54, 1.807) is 12.3 Å². The van der Waals surface area contributed by atoms with E-state index in [0.29, 0.717) is 12.1 Å². The SMILES string of the molecule is C#Cc1cccc(C2(NCCCNC(=O)c3ccnc(N(CCC)CCC)c3)CCC2)c1. The first-order valence-electron chi connectivity index (χ1n) is 11.9. The molecule has 1 aliphatic carbocycles. The monoisotopic (exact) mass is 432 g/mol. The maximum absolute atomic E-state index is 12.7. The Hall–Kier alpha value is -2.84. The number of carbonyl (C=O) groups is 1. The van der Waals surface area contributed by atoms with E-state index in [9.17, 15) is 4.79 Å². The molecule has 32 heavy (non-hydrogen) atoms. The molecule has 170 valence electrons. The van der Waals surface area contributed by atoms with Gasteiger partial charge in [-0.3, -0.25) is 4.79 Å². The summed E-state index contributed by atoms with van der Waals surface area (Å²) in [6.07, 6.45) is 13.8. The van der Waals surface area contributed by atoms with Crippen LogP contribution in [0.5, 0.6) is 0 Å². The Bertz CT molecular complexity index is 923. The largest absolute Gasteiger partial charge is 0.357 e. The standard InChI is InChI=1S/C27H36N4O/c1-4-18-31(19-5-2)25-21-23(12-17-28-25)26(32)29-15-9-16-30-27(13-8-14-27)24-11-7-10-22(6-3)20-24/h3,7,10-12,17,20-21,30H,4-5,8-9,13-16,18-19H2,1-2H3,(H,29,32). The summed E-state index contributed by atoms with van der Waals surface area (Å²) < 4.78 is 0. The van der Waals surface area contributed by atoms with Gasteiger partial charge in [-0.15, -0.1) is 6.42 Å². The van der Waals surface area contributed by atoms with Gasteiger partial charge in [-0.2, -0.15) is 0 Å². The van der Waals surface area contributed by atoms with Crippen molar-refractivity contribution in [2.45, 2.75) is 57.9 Å². The van der Waals surface area contributed by atoms with E-state index in [2.05, 4.69) is 52.4 Å². The average molecular weight is 433 g/mol. The Labute approximate surface area is 193 Å². The third kappa shape index (κ3) is 5.89. The van der Waals surface area contributed by atoms with Crippen LogP contribution in [-0.4, -0.2) is 37.1 Å². The fourth-order valence-electron chi connectivity index (χ4n) is 4.34. The molecule has 1 aromatic heterocycles. The van der Waals surface area contributed by atoms with Crippen LogP contribution in [0, 0.1) is 12.3 Å². The first kappa shape index (κ1) is 23.8. The number of amides is 1. The lowest BCUT2D eigenvalue weighted by Gasteiger charge is -2.43. The number of nitrogens with zero attached hydrogens (tertiary/aromatic N) is 2. The van der Waals surface area contributed by atoms with Gasteiger partial charge in [0.2, 0.25) is 0 Å². The van der Waals surface area contributed by atoms with E-state index in [1.807, 2.05) is 18.2 Å². The zero-order valence-electron chi connectivity index (χ0n) is 19.5. The molecular weight excluding hydrogens is 396 g/mol. The molecule has 1 fully saturated rings. The van der Waals surface area contributed by atoms with Gasteiger partial charge >= 0.3 is 0 Å². The van der Waals surface area contributed by atoms with Crippen LogP contribution in [0.15, 0.2) is 42.6 Å². The van der Waals surface area contributed by atoms with E-state index in [1.165, 1.54) is 12.0 Å². The Morgan fingerprint density at radius 2 is 1.94 bits per heavy atom. The second-order valence-electron chi connectivity index (χ2n) is 8.59. The van der Waals surface area contributed by atoms with E-state index in [4.69, 9.17) is 6.42 Å². The van der Waals surface area contributed by atoms with Crippen molar-refractivity contribution in [2.24, 2.45) is 0 Å². The summed E-state index contributed by atoms with van der Waals surface area (Å²) in [5.41, 5.74) is 2.90. The van der Waals surface area contributed by atoms with Gasteiger partial charge in [0, 0.05) is 42.5 Å². The highest BCUT2D eigenvalue weighted by Crippen LogP contribution is 2.41. The fourth-order valence-corrected chi connectivity index (χ4v) is 4.34. The zero-order chi connectivity index (χ0) is 22.8. The first-order valence-corrected chi connectivity index (χ1v) is 11.9. The van der Waals surface area contributed by atoms with Crippen LogP contribution < -0.4 is 15.5 Å². The van der Waals surface area contributed by atoms with Gasteiger partial charge in [-0.1, -0.05) is 31.9 Å². The summed E-state index contributed by atoms with van der Waals surface area (Å²) in [5, 5.41) is 6.79. The summed E-state index contributed by atoms with van der Waals surface area (Å²) in [6, 6.07) is 12.0. The summed E-state index contributed by atoms with van der Waals surface area (Å²) in [7, 11) is 0. The Morgan fingerprint density at radius 3 is 2.59 bits per heavy atom. The molecule has 0 atom stereocenters. The van der Waals surface area contributed by atoms with E-state index < -0.39 is 0 Å². The first-order chi connectivity index (χ1) is 15.6. The number of anilines is 1. The van der Waals surface area contributed by atoms with Crippen LogP contribution in [0.25, 0.3) is 0 Å². The number of hydrogen-bond donors (Lipinski definition) is 2. The maximum atomic E-state index is 12.7. The van der Waals surface area contributed by atoms with Crippen molar-refractivity contribution < 1.29 is 4.79 Å². The van der Waals surface area contributed by atoms with Gasteiger partial charge < -0.3 is 15.5 Å². The molecule has 1 saturated carbocycles. The molecule has 0 aliphatic heterocycles. The fraction of sp³-hybridized carbons (Fsp3) is 0.481. The molecular formula is C27H36N4O. The lowest BCUT2D eigenvalue weighted by Crippen LogP contribution is -2.48. The van der Waals surface area contributed by atoms with Gasteiger partial charge in [-0.25, -0.2) is 4.98 Å². The van der Waals surface area contributed by atoms with Crippen molar-refractivity contribution >= 4 is 11.7 Å². The smallest absolute Gasteiger partial charge is 0.251 e. The van der Waals surface area contributed by atoms with Gasteiger partial charge in [0.15, 0.2) is 0 Å². The highest BCUT2D eigenvalue weighted by Gasteiger charge is 2.37. The van der Waals surface area contributed by atoms with E-state index in [-0.39, 0.29) is 11.4 Å². The topological polar surface area (TPSA) is 57.3 Å². The number of hydrogen-bond acceptors (Lipinski definition) is 4. The highest BCUT2D eigenvalue weighted by atomic mass is 16.1. The Balaban J connectivity index is 1.49. The van der Waals surface area contributed by atoms with Crippen molar-refractivity contribution in [3.63, 3.8) is 0 Å². The Kier molecular flexibility index (Phi) is 8.70. The molecule has 2 aromatic rings. The van der Waals surface area contributed by atoms with E-state index in [0.717, 1.165) is 63.1 Å². The zero-order valence-corrected chi connectivity index (χ0v) is 19.5. The number of terminal acetylenes is 1. The van der Waals surface area contributed by atoms with Crippen molar-refractivity contribution in [3.8, 4) is 12.3 Å². The van der Waals surface area contributed by atoms with Crippen molar-refractivity contribution in [3.05, 3.63) is 59.3 Å². The molecule has 0 unspecified atom stereocenters. The molecule has 3 rings (SSSR count). The number of pyridine rings is 1. The summed E-state index contributed by atoms with van der Waals surface area (Å²) in [5.74, 6) is 3.57. The normalized spacial score (nSPS) is 14.3. The number of rotatable bonds is 12. The second-order valence-corrected chi connectivity index (χ2v) is 8.59. The van der Waals surface area contributed by atoms with Crippen molar-refractivity contribution in [1.82, 2.24) is 15.6 Å². The molecule has 1 amide bonds. The van der Waals surface area contributed by atoms with Crippen LogP contribution in [-0.2, 0) is 5.54 Å². The molecule has 5 nitrogen and oxygen atoms in total. The maximum Gasteiger partial charge on any atom is 0.251 e. The number of benzene rings is 1. The minimum atomic E-state index is -0.0401. The van der Waals surface area contributed by atoms with Crippen LogP contribution >= 0.6 is 0 Å². The molecule has 0 bridgehead atoms. The molecule has 1 aliphatic rings. The van der Waals surface area contributed by atoms with Crippen LogP contribution in [0.3, 0.4) is 0 Å². The second kappa shape index (κ2) is 11.7. The minimum absolute atomic E-state index is 0.0267. The summed E-state index contributed by atoms with van der Waals surface area (Å²) >= 11 is 0. The van der Waals surface area contributed by atoms with Gasteiger partial charge in [0.25, 0.3) is 5.91 Å². The summed E-state index contributed by atoms with van der Waals surface area (Å²) in [4.78, 5) is 19.4. The van der Waals surface area contributed by atoms with Crippen LogP contribution in [0.1, 0.15) is 73.9 Å². The number of carbonyl (C=O) groups excluding carboxylic acids is 1. The predicted molar refractivity (Wildman–Crippen MR) is 132 cm³/mol. The van der Waals surface area contributed by atoms with Crippen LogP contribution in [0.2, 0.25) is 0 Å². The van der Waals surface area contributed by atoms with Crippen LogP contribution in [0.4, 0.5) is 5.82 Å². The molecule has 0 spiro atoms. The molecule has 1 heterocycles. The predicted octanol–water partition coefficient (Wildman–Crippen LogP) is 4.48. The average Bonchev–Trinajstić information content (AvgIpc) is 2.80. The third-order valence-corrected chi connectivity index (χ3v) is 6.21. The minimum Gasteiger partial charge on any atom is -0.357 e. The molecule has 0 radical (unpaired) electrons. The lowest BCUT2D eigenvalue weighted by molar-refractivity contribution is 0.0952.